The van der Waals surface area contributed by atoms with Crippen molar-refractivity contribution in [1.29, 1.82) is 0 Å². The Morgan fingerprint density at radius 1 is 1.71 bits per heavy atom. The van der Waals surface area contributed by atoms with Crippen molar-refractivity contribution in [3.8, 4) is 0 Å². The highest BCUT2D eigenvalue weighted by molar-refractivity contribution is 4.73. The third-order valence-corrected chi connectivity index (χ3v) is 0.580. The molecule has 0 spiro atoms. The SMILES string of the molecule is C=CC(C)OOC. The lowest BCUT2D eigenvalue weighted by molar-refractivity contribution is -0.289. The molecule has 0 aliphatic carbocycles. The molecule has 0 saturated heterocycles. The summed E-state index contributed by atoms with van der Waals surface area (Å²) in [5, 5.41) is 0. The summed E-state index contributed by atoms with van der Waals surface area (Å²) in [5.41, 5.74) is 0. The Hall–Kier alpha value is -0.340. The largest absolute Gasteiger partial charge is 0.239 e. The van der Waals surface area contributed by atoms with E-state index in [-0.39, 0.29) is 6.10 Å². The molecule has 7 heavy (non-hydrogen) atoms. The van der Waals surface area contributed by atoms with E-state index in [1.54, 1.807) is 6.08 Å². The van der Waals surface area contributed by atoms with Gasteiger partial charge < -0.3 is 0 Å². The molecule has 0 aromatic carbocycles. The molecular formula is C5H10O2. The molecular weight excluding hydrogens is 92.1 g/mol. The molecule has 1 atom stereocenters. The van der Waals surface area contributed by atoms with Crippen molar-refractivity contribution in [1.82, 2.24) is 0 Å². The van der Waals surface area contributed by atoms with Gasteiger partial charge in [-0.25, -0.2) is 9.78 Å². The lowest BCUT2D eigenvalue weighted by Crippen LogP contribution is -2.01. The van der Waals surface area contributed by atoms with Crippen LogP contribution in [0.25, 0.3) is 0 Å². The first-order valence-electron chi connectivity index (χ1n) is 2.13. The van der Waals surface area contributed by atoms with Crippen LogP contribution in [0.2, 0.25) is 0 Å². The lowest BCUT2D eigenvalue weighted by atomic mass is 10.4. The molecule has 0 aromatic rings. The molecule has 42 valence electrons. The maximum atomic E-state index is 4.57. The lowest BCUT2D eigenvalue weighted by Gasteiger charge is -2.00. The van der Waals surface area contributed by atoms with Gasteiger partial charge in [0.1, 0.15) is 6.10 Å². The molecule has 0 amide bonds. The van der Waals surface area contributed by atoms with Crippen molar-refractivity contribution in [2.75, 3.05) is 7.11 Å². The Kier molecular flexibility index (Phi) is 3.65. The Bertz CT molecular complexity index is 52.0. The Morgan fingerprint density at radius 3 is 2.43 bits per heavy atom. The predicted molar refractivity (Wildman–Crippen MR) is 27.8 cm³/mol. The molecule has 0 heterocycles. The van der Waals surface area contributed by atoms with Crippen LogP contribution >= 0.6 is 0 Å². The van der Waals surface area contributed by atoms with Crippen LogP contribution in [0.1, 0.15) is 6.92 Å². The van der Waals surface area contributed by atoms with Gasteiger partial charge in [0.2, 0.25) is 0 Å². The zero-order chi connectivity index (χ0) is 5.70. The molecule has 0 aliphatic rings. The van der Waals surface area contributed by atoms with E-state index in [1.165, 1.54) is 7.11 Å². The molecule has 2 nitrogen and oxygen atoms in total. The van der Waals surface area contributed by atoms with E-state index in [9.17, 15) is 0 Å². The van der Waals surface area contributed by atoms with Gasteiger partial charge in [-0.2, -0.15) is 0 Å². The van der Waals surface area contributed by atoms with Gasteiger partial charge >= 0.3 is 0 Å². The van der Waals surface area contributed by atoms with Crippen molar-refractivity contribution in [2.45, 2.75) is 13.0 Å². The molecule has 0 bridgehead atoms. The van der Waals surface area contributed by atoms with Gasteiger partial charge in [-0.05, 0) is 6.92 Å². The molecule has 0 rings (SSSR count). The summed E-state index contributed by atoms with van der Waals surface area (Å²) >= 11 is 0. The minimum absolute atomic E-state index is 0.00926. The van der Waals surface area contributed by atoms with Gasteiger partial charge in [-0.15, -0.1) is 6.58 Å². The summed E-state index contributed by atoms with van der Waals surface area (Å²) < 4.78 is 0. The van der Waals surface area contributed by atoms with E-state index in [1.807, 2.05) is 6.92 Å². The summed E-state index contributed by atoms with van der Waals surface area (Å²) in [6.45, 7) is 5.32. The smallest absolute Gasteiger partial charge is 0.108 e. The van der Waals surface area contributed by atoms with Crippen molar-refractivity contribution in [3.05, 3.63) is 12.7 Å². The minimum atomic E-state index is -0.00926. The third kappa shape index (κ3) is 3.49. The summed E-state index contributed by atoms with van der Waals surface area (Å²) in [6, 6.07) is 0. The monoisotopic (exact) mass is 102 g/mol. The van der Waals surface area contributed by atoms with Gasteiger partial charge in [-0.1, -0.05) is 6.08 Å². The maximum absolute atomic E-state index is 4.57. The van der Waals surface area contributed by atoms with E-state index in [0.29, 0.717) is 0 Å². The van der Waals surface area contributed by atoms with Crippen molar-refractivity contribution < 1.29 is 9.78 Å². The molecule has 0 aliphatic heterocycles. The standard InChI is InChI=1S/C5H10O2/c1-4-5(2)7-6-3/h4-5H,1H2,2-3H3. The Balaban J connectivity index is 2.98. The highest BCUT2D eigenvalue weighted by Crippen LogP contribution is 1.88. The van der Waals surface area contributed by atoms with Crippen LogP contribution in [0.15, 0.2) is 12.7 Å². The zero-order valence-corrected chi connectivity index (χ0v) is 4.68. The molecule has 0 aromatic heterocycles. The normalized spacial score (nSPS) is 13.4. The topological polar surface area (TPSA) is 18.5 Å². The highest BCUT2D eigenvalue weighted by atomic mass is 17.2. The first-order valence-corrected chi connectivity index (χ1v) is 2.13. The number of hydrogen-bond acceptors (Lipinski definition) is 2. The summed E-state index contributed by atoms with van der Waals surface area (Å²) in [7, 11) is 1.47. The van der Waals surface area contributed by atoms with Crippen LogP contribution in [0.4, 0.5) is 0 Å². The molecule has 0 N–H and O–H groups in total. The van der Waals surface area contributed by atoms with E-state index in [2.05, 4.69) is 16.4 Å². The maximum Gasteiger partial charge on any atom is 0.108 e. The predicted octanol–water partition coefficient (Wildman–Crippen LogP) is 1.14. The summed E-state index contributed by atoms with van der Waals surface area (Å²) in [4.78, 5) is 8.90. The number of hydrogen-bond donors (Lipinski definition) is 0. The van der Waals surface area contributed by atoms with Crippen LogP contribution in [0.5, 0.6) is 0 Å². The van der Waals surface area contributed by atoms with Crippen molar-refractivity contribution in [2.24, 2.45) is 0 Å². The first-order chi connectivity index (χ1) is 3.31. The van der Waals surface area contributed by atoms with Gasteiger partial charge in [-0.3, -0.25) is 0 Å². The Morgan fingerprint density at radius 2 is 2.29 bits per heavy atom. The zero-order valence-electron chi connectivity index (χ0n) is 4.68. The molecule has 1 unspecified atom stereocenters. The molecule has 0 radical (unpaired) electrons. The fourth-order valence-electron chi connectivity index (χ4n) is 0.191. The van der Waals surface area contributed by atoms with E-state index >= 15 is 0 Å². The minimum Gasteiger partial charge on any atom is -0.239 e. The quantitative estimate of drug-likeness (QED) is 0.302. The van der Waals surface area contributed by atoms with Crippen LogP contribution in [0, 0.1) is 0 Å². The third-order valence-electron chi connectivity index (χ3n) is 0.580. The molecule has 2 heteroatoms. The van der Waals surface area contributed by atoms with E-state index < -0.39 is 0 Å². The van der Waals surface area contributed by atoms with E-state index in [4.69, 9.17) is 0 Å². The number of rotatable bonds is 3. The van der Waals surface area contributed by atoms with E-state index in [0.717, 1.165) is 0 Å². The van der Waals surface area contributed by atoms with Crippen molar-refractivity contribution >= 4 is 0 Å². The molecule has 0 saturated carbocycles. The second kappa shape index (κ2) is 3.84. The first kappa shape index (κ1) is 6.66. The van der Waals surface area contributed by atoms with Crippen LogP contribution in [-0.2, 0) is 9.78 Å². The summed E-state index contributed by atoms with van der Waals surface area (Å²) in [5.74, 6) is 0. The van der Waals surface area contributed by atoms with Gasteiger partial charge in [0.25, 0.3) is 0 Å². The Labute approximate surface area is 43.7 Å². The van der Waals surface area contributed by atoms with Crippen molar-refractivity contribution in [3.63, 3.8) is 0 Å². The second-order valence-corrected chi connectivity index (χ2v) is 1.20. The van der Waals surface area contributed by atoms with Gasteiger partial charge in [0, 0.05) is 0 Å². The fraction of sp³-hybridized carbons (Fsp3) is 0.600. The average Bonchev–Trinajstić information content (AvgIpc) is 1.68. The second-order valence-electron chi connectivity index (χ2n) is 1.20. The molecule has 0 fully saturated rings. The van der Waals surface area contributed by atoms with Gasteiger partial charge in [0.15, 0.2) is 0 Å². The van der Waals surface area contributed by atoms with Crippen LogP contribution in [0.3, 0.4) is 0 Å². The fourth-order valence-corrected chi connectivity index (χ4v) is 0.191. The average molecular weight is 102 g/mol. The van der Waals surface area contributed by atoms with Crippen LogP contribution < -0.4 is 0 Å². The van der Waals surface area contributed by atoms with Gasteiger partial charge in [0.05, 0.1) is 7.11 Å². The van der Waals surface area contributed by atoms with Crippen LogP contribution in [-0.4, -0.2) is 13.2 Å². The highest BCUT2D eigenvalue weighted by Gasteiger charge is 1.89. The summed E-state index contributed by atoms with van der Waals surface area (Å²) in [6.07, 6.45) is 1.65.